The van der Waals surface area contributed by atoms with E-state index in [4.69, 9.17) is 5.11 Å². The van der Waals surface area contributed by atoms with Crippen LogP contribution in [0.3, 0.4) is 0 Å². The maximum atomic E-state index is 10.7. The summed E-state index contributed by atoms with van der Waals surface area (Å²) in [5, 5.41) is 24.9. The van der Waals surface area contributed by atoms with Crippen molar-refractivity contribution in [1.29, 1.82) is 0 Å². The Morgan fingerprint density at radius 2 is 2.06 bits per heavy atom. The number of rotatable bonds is 3. The number of tetrazole rings is 1. The summed E-state index contributed by atoms with van der Waals surface area (Å²) in [5.41, 5.74) is 1.44. The summed E-state index contributed by atoms with van der Waals surface area (Å²) in [6, 6.07) is 7.56. The number of benzene rings is 1. The summed E-state index contributed by atoms with van der Waals surface area (Å²) in [5.74, 6) is 0.595. The van der Waals surface area contributed by atoms with Crippen molar-refractivity contribution < 1.29 is 9.90 Å². The van der Waals surface area contributed by atoms with E-state index in [1.165, 1.54) is 0 Å². The topological polar surface area (TPSA) is 104 Å². The summed E-state index contributed by atoms with van der Waals surface area (Å²) in [6.45, 7) is 0. The molecule has 1 heterocycles. The highest BCUT2D eigenvalue weighted by atomic mass is 16.4. The zero-order chi connectivity index (χ0) is 12.6. The van der Waals surface area contributed by atoms with Crippen LogP contribution in [0, 0.1) is 0 Å². The van der Waals surface area contributed by atoms with Gasteiger partial charge in [-0.05, 0) is 28.8 Å². The van der Waals surface area contributed by atoms with Crippen molar-refractivity contribution in [2.24, 2.45) is 0 Å². The second-order valence-corrected chi connectivity index (χ2v) is 4.34. The average Bonchev–Trinajstić information content (AvgIpc) is 2.93. The molecular weight excluding hydrogens is 234 g/mol. The predicted molar refractivity (Wildman–Crippen MR) is 61.7 cm³/mol. The fraction of sp³-hybridized carbons (Fsp3) is 0.273. The van der Waals surface area contributed by atoms with Gasteiger partial charge in [-0.15, -0.1) is 5.10 Å². The minimum atomic E-state index is -0.990. The average molecular weight is 245 g/mol. The first-order valence-corrected chi connectivity index (χ1v) is 5.55. The SMILES string of the molecule is O=C(O)NC1(c2ccc(-c3nnn[nH]3)cc2)CC1. The highest BCUT2D eigenvalue weighted by Crippen LogP contribution is 2.45. The monoisotopic (exact) mass is 245 g/mol. The number of H-pyrrole nitrogens is 1. The molecule has 0 atom stereocenters. The van der Waals surface area contributed by atoms with Crippen molar-refractivity contribution in [3.63, 3.8) is 0 Å². The predicted octanol–water partition coefficient (Wildman–Crippen LogP) is 1.12. The highest BCUT2D eigenvalue weighted by Gasteiger charge is 2.45. The summed E-state index contributed by atoms with van der Waals surface area (Å²) in [7, 11) is 0. The third-order valence-corrected chi connectivity index (χ3v) is 3.15. The lowest BCUT2D eigenvalue weighted by atomic mass is 10.0. The molecule has 0 bridgehead atoms. The van der Waals surface area contributed by atoms with Crippen LogP contribution in [0.15, 0.2) is 24.3 Å². The molecule has 0 saturated heterocycles. The minimum absolute atomic E-state index is 0.399. The van der Waals surface area contributed by atoms with E-state index in [1.807, 2.05) is 24.3 Å². The van der Waals surface area contributed by atoms with Gasteiger partial charge < -0.3 is 10.4 Å². The van der Waals surface area contributed by atoms with Gasteiger partial charge >= 0.3 is 6.09 Å². The molecule has 92 valence electrons. The molecule has 0 spiro atoms. The Bertz CT molecular complexity index is 560. The number of hydrogen-bond donors (Lipinski definition) is 3. The van der Waals surface area contributed by atoms with Crippen molar-refractivity contribution in [2.75, 3.05) is 0 Å². The van der Waals surface area contributed by atoms with Gasteiger partial charge in [-0.3, -0.25) is 0 Å². The first-order valence-electron chi connectivity index (χ1n) is 5.55. The first-order chi connectivity index (χ1) is 8.70. The quantitative estimate of drug-likeness (QED) is 0.751. The lowest BCUT2D eigenvalue weighted by molar-refractivity contribution is 0.188. The number of hydrogen-bond acceptors (Lipinski definition) is 4. The highest BCUT2D eigenvalue weighted by molar-refractivity contribution is 5.67. The summed E-state index contributed by atoms with van der Waals surface area (Å²) in [4.78, 5) is 10.7. The smallest absolute Gasteiger partial charge is 0.405 e. The maximum Gasteiger partial charge on any atom is 0.405 e. The van der Waals surface area contributed by atoms with E-state index >= 15 is 0 Å². The van der Waals surface area contributed by atoms with Gasteiger partial charge in [0.25, 0.3) is 0 Å². The third-order valence-electron chi connectivity index (χ3n) is 3.15. The molecule has 3 rings (SSSR count). The summed E-state index contributed by atoms with van der Waals surface area (Å²) < 4.78 is 0. The van der Waals surface area contributed by atoms with Crippen LogP contribution in [0.25, 0.3) is 11.4 Å². The van der Waals surface area contributed by atoms with E-state index in [2.05, 4.69) is 25.9 Å². The van der Waals surface area contributed by atoms with Crippen LogP contribution in [0.1, 0.15) is 18.4 Å². The zero-order valence-corrected chi connectivity index (χ0v) is 9.42. The molecule has 0 radical (unpaired) electrons. The zero-order valence-electron chi connectivity index (χ0n) is 9.42. The van der Waals surface area contributed by atoms with Gasteiger partial charge in [0.1, 0.15) is 0 Å². The summed E-state index contributed by atoms with van der Waals surface area (Å²) >= 11 is 0. The van der Waals surface area contributed by atoms with Gasteiger partial charge in [-0.2, -0.15) is 0 Å². The van der Waals surface area contributed by atoms with Crippen molar-refractivity contribution in [1.82, 2.24) is 25.9 Å². The number of nitrogens with one attached hydrogen (secondary N) is 2. The lowest BCUT2D eigenvalue weighted by Crippen LogP contribution is -2.33. The van der Waals surface area contributed by atoms with Crippen LogP contribution >= 0.6 is 0 Å². The summed E-state index contributed by atoms with van der Waals surface area (Å²) in [6.07, 6.45) is 0.682. The fourth-order valence-corrected chi connectivity index (χ4v) is 2.04. The largest absolute Gasteiger partial charge is 0.465 e. The van der Waals surface area contributed by atoms with Crippen LogP contribution in [0.2, 0.25) is 0 Å². The lowest BCUT2D eigenvalue weighted by Gasteiger charge is -2.15. The Morgan fingerprint density at radius 1 is 1.33 bits per heavy atom. The van der Waals surface area contributed by atoms with Crippen LogP contribution < -0.4 is 5.32 Å². The number of nitrogens with zero attached hydrogens (tertiary/aromatic N) is 3. The molecule has 1 amide bonds. The minimum Gasteiger partial charge on any atom is -0.465 e. The number of aromatic nitrogens is 4. The maximum absolute atomic E-state index is 10.7. The van der Waals surface area contributed by atoms with Gasteiger partial charge in [-0.25, -0.2) is 9.89 Å². The van der Waals surface area contributed by atoms with E-state index in [0.29, 0.717) is 5.82 Å². The molecule has 0 unspecified atom stereocenters. The molecule has 1 saturated carbocycles. The van der Waals surface area contributed by atoms with Crippen LogP contribution in [-0.2, 0) is 5.54 Å². The van der Waals surface area contributed by atoms with Gasteiger partial charge in [0, 0.05) is 5.56 Å². The molecule has 7 heteroatoms. The Balaban J connectivity index is 1.86. The van der Waals surface area contributed by atoms with Gasteiger partial charge in [0.15, 0.2) is 5.82 Å². The molecule has 1 aromatic carbocycles. The molecule has 18 heavy (non-hydrogen) atoms. The van der Waals surface area contributed by atoms with E-state index in [-0.39, 0.29) is 0 Å². The Labute approximate surface area is 102 Å². The molecule has 2 aromatic rings. The third kappa shape index (κ3) is 1.79. The van der Waals surface area contributed by atoms with Crippen LogP contribution in [0.5, 0.6) is 0 Å². The van der Waals surface area contributed by atoms with Gasteiger partial charge in [-0.1, -0.05) is 24.3 Å². The standard InChI is InChI=1S/C11H11N5O2/c17-10(18)12-11(5-6-11)8-3-1-7(2-4-8)9-13-15-16-14-9/h1-4,12H,5-6H2,(H,17,18)(H,13,14,15,16). The second kappa shape index (κ2) is 3.80. The number of carbonyl (C=O) groups is 1. The van der Waals surface area contributed by atoms with Crippen molar-refractivity contribution in [3.8, 4) is 11.4 Å². The number of aromatic amines is 1. The van der Waals surface area contributed by atoms with E-state index in [1.54, 1.807) is 0 Å². The Hall–Kier alpha value is -2.44. The fourth-order valence-electron chi connectivity index (χ4n) is 2.04. The van der Waals surface area contributed by atoms with Crippen LogP contribution in [0.4, 0.5) is 4.79 Å². The number of amides is 1. The van der Waals surface area contributed by atoms with E-state index in [9.17, 15) is 4.79 Å². The Morgan fingerprint density at radius 3 is 2.56 bits per heavy atom. The van der Waals surface area contributed by atoms with Crippen molar-refractivity contribution in [2.45, 2.75) is 18.4 Å². The van der Waals surface area contributed by atoms with E-state index in [0.717, 1.165) is 24.0 Å². The molecule has 7 nitrogen and oxygen atoms in total. The number of carboxylic acid groups (broad SMARTS) is 1. The molecule has 3 N–H and O–H groups in total. The van der Waals surface area contributed by atoms with Crippen molar-refractivity contribution >= 4 is 6.09 Å². The molecule has 0 aliphatic heterocycles. The van der Waals surface area contributed by atoms with Crippen molar-refractivity contribution in [3.05, 3.63) is 29.8 Å². The van der Waals surface area contributed by atoms with Gasteiger partial charge in [0.2, 0.25) is 0 Å². The second-order valence-electron chi connectivity index (χ2n) is 4.34. The molecule has 1 fully saturated rings. The van der Waals surface area contributed by atoms with Crippen LogP contribution in [-0.4, -0.2) is 31.8 Å². The Kier molecular flexibility index (Phi) is 2.26. The van der Waals surface area contributed by atoms with Gasteiger partial charge in [0.05, 0.1) is 5.54 Å². The molecule has 1 aromatic heterocycles. The first kappa shape index (κ1) is 10.7. The molecule has 1 aliphatic carbocycles. The molecular formula is C11H11N5O2. The van der Waals surface area contributed by atoms with E-state index < -0.39 is 11.6 Å². The molecule has 1 aliphatic rings. The normalized spacial score (nSPS) is 16.2.